The summed E-state index contributed by atoms with van der Waals surface area (Å²) in [6.45, 7) is 10.7. The van der Waals surface area contributed by atoms with Crippen LogP contribution in [0.1, 0.15) is 53.4 Å². The van der Waals surface area contributed by atoms with Crippen molar-refractivity contribution in [2.24, 2.45) is 17.6 Å². The van der Waals surface area contributed by atoms with Gasteiger partial charge >= 0.3 is 0 Å². The van der Waals surface area contributed by atoms with E-state index in [0.717, 1.165) is 38.8 Å². The molecule has 2 N–H and O–H groups in total. The Morgan fingerprint density at radius 3 is 2.22 bits per heavy atom. The quantitative estimate of drug-likeness (QED) is 0.721. The lowest BCUT2D eigenvalue weighted by Gasteiger charge is -2.37. The first-order chi connectivity index (χ1) is 8.46. The van der Waals surface area contributed by atoms with Crippen molar-refractivity contribution in [2.75, 3.05) is 13.1 Å². The summed E-state index contributed by atoms with van der Waals surface area (Å²) in [6, 6.07) is 2.94. The lowest BCUT2D eigenvalue weighted by Crippen LogP contribution is -2.54. The van der Waals surface area contributed by atoms with Gasteiger partial charge in [0, 0.05) is 19.1 Å². The van der Waals surface area contributed by atoms with Crippen molar-refractivity contribution in [3.63, 3.8) is 0 Å². The zero-order valence-corrected chi connectivity index (χ0v) is 12.4. The summed E-state index contributed by atoms with van der Waals surface area (Å²) in [5.74, 6) is 1.04. The Labute approximate surface area is 112 Å². The van der Waals surface area contributed by atoms with Crippen molar-refractivity contribution >= 4 is 0 Å². The third kappa shape index (κ3) is 3.96. The van der Waals surface area contributed by atoms with Gasteiger partial charge in [-0.25, -0.2) is 0 Å². The van der Waals surface area contributed by atoms with Gasteiger partial charge in [-0.15, -0.1) is 0 Å². The van der Waals surface area contributed by atoms with E-state index in [2.05, 4.69) is 38.7 Å². The Morgan fingerprint density at radius 2 is 1.89 bits per heavy atom. The maximum atomic E-state index is 9.40. The van der Waals surface area contributed by atoms with Gasteiger partial charge in [0.1, 0.15) is 5.54 Å². The van der Waals surface area contributed by atoms with E-state index in [1.807, 2.05) is 0 Å². The highest BCUT2D eigenvalue weighted by molar-refractivity contribution is 5.15. The molecule has 0 saturated heterocycles. The number of nitrogens with zero attached hydrogens (tertiary/aromatic N) is 2. The molecule has 0 aliphatic heterocycles. The van der Waals surface area contributed by atoms with Crippen LogP contribution in [0.5, 0.6) is 0 Å². The van der Waals surface area contributed by atoms with E-state index in [4.69, 9.17) is 5.73 Å². The molecule has 3 nitrogen and oxygen atoms in total. The molecule has 0 radical (unpaired) electrons. The smallest absolute Gasteiger partial charge is 0.119 e. The number of nitrogens with two attached hydrogens (primary N) is 1. The summed E-state index contributed by atoms with van der Waals surface area (Å²) in [4.78, 5) is 2.45. The molecule has 1 aliphatic rings. The molecular formula is C15H29N3. The highest BCUT2D eigenvalue weighted by Crippen LogP contribution is 2.38. The fraction of sp³-hybridized carbons (Fsp3) is 0.933. The van der Waals surface area contributed by atoms with Crippen molar-refractivity contribution in [1.29, 1.82) is 5.26 Å². The lowest BCUT2D eigenvalue weighted by molar-refractivity contribution is 0.136. The minimum atomic E-state index is -0.627. The molecule has 1 unspecified atom stereocenters. The first-order valence-corrected chi connectivity index (χ1v) is 7.41. The minimum absolute atomic E-state index is 0.423. The average molecular weight is 251 g/mol. The molecule has 0 bridgehead atoms. The van der Waals surface area contributed by atoms with Crippen LogP contribution in [0.15, 0.2) is 0 Å². The molecule has 18 heavy (non-hydrogen) atoms. The van der Waals surface area contributed by atoms with Gasteiger partial charge in [0.2, 0.25) is 0 Å². The maximum Gasteiger partial charge on any atom is 0.119 e. The van der Waals surface area contributed by atoms with Gasteiger partial charge < -0.3 is 5.73 Å². The van der Waals surface area contributed by atoms with E-state index in [9.17, 15) is 5.26 Å². The molecule has 0 aromatic heterocycles. The predicted octanol–water partition coefficient (Wildman–Crippen LogP) is 2.76. The molecule has 0 heterocycles. The predicted molar refractivity (Wildman–Crippen MR) is 76.0 cm³/mol. The zero-order chi connectivity index (χ0) is 13.8. The SMILES string of the molecule is CCC(CC)N(CC(C)C)CC(N)(C#N)C1CC1. The van der Waals surface area contributed by atoms with Gasteiger partial charge in [-0.05, 0) is 37.5 Å². The molecule has 1 saturated carbocycles. The summed E-state index contributed by atoms with van der Waals surface area (Å²) in [6.07, 6.45) is 4.52. The highest BCUT2D eigenvalue weighted by Gasteiger charge is 2.44. The molecule has 1 rings (SSSR count). The zero-order valence-electron chi connectivity index (χ0n) is 12.4. The van der Waals surface area contributed by atoms with Crippen molar-refractivity contribution in [2.45, 2.75) is 65.0 Å². The second-order valence-electron chi connectivity index (χ2n) is 6.22. The Balaban J connectivity index is 2.73. The van der Waals surface area contributed by atoms with E-state index in [0.29, 0.717) is 17.9 Å². The topological polar surface area (TPSA) is 53.0 Å². The fourth-order valence-corrected chi connectivity index (χ4v) is 2.81. The van der Waals surface area contributed by atoms with Gasteiger partial charge in [0.05, 0.1) is 6.07 Å². The lowest BCUT2D eigenvalue weighted by atomic mass is 9.93. The van der Waals surface area contributed by atoms with Crippen LogP contribution in [0.4, 0.5) is 0 Å². The first kappa shape index (κ1) is 15.5. The second kappa shape index (κ2) is 6.54. The van der Waals surface area contributed by atoms with Crippen LogP contribution < -0.4 is 5.73 Å². The van der Waals surface area contributed by atoms with Crippen LogP contribution in [0.25, 0.3) is 0 Å². The van der Waals surface area contributed by atoms with Crippen LogP contribution in [-0.2, 0) is 0 Å². The summed E-state index contributed by atoms with van der Waals surface area (Å²) >= 11 is 0. The van der Waals surface area contributed by atoms with Crippen LogP contribution >= 0.6 is 0 Å². The third-order valence-corrected chi connectivity index (χ3v) is 4.04. The third-order valence-electron chi connectivity index (χ3n) is 4.04. The monoisotopic (exact) mass is 251 g/mol. The Bertz CT molecular complexity index is 287. The average Bonchev–Trinajstić information content (AvgIpc) is 3.13. The second-order valence-corrected chi connectivity index (χ2v) is 6.22. The van der Waals surface area contributed by atoms with E-state index in [1.165, 1.54) is 0 Å². The highest BCUT2D eigenvalue weighted by atomic mass is 15.2. The standard InChI is InChI=1S/C15H29N3/c1-5-14(6-2)18(9-12(3)4)11-15(17,10-16)13-7-8-13/h12-14H,5-9,11,17H2,1-4H3. The summed E-state index contributed by atoms with van der Waals surface area (Å²) in [5, 5.41) is 9.40. The van der Waals surface area contributed by atoms with Crippen molar-refractivity contribution < 1.29 is 0 Å². The number of hydrogen-bond donors (Lipinski definition) is 1. The molecule has 0 aromatic rings. The fourth-order valence-electron chi connectivity index (χ4n) is 2.81. The van der Waals surface area contributed by atoms with Crippen LogP contribution in [0.3, 0.4) is 0 Å². The molecule has 3 heteroatoms. The van der Waals surface area contributed by atoms with E-state index >= 15 is 0 Å². The molecular weight excluding hydrogens is 222 g/mol. The molecule has 1 aliphatic carbocycles. The van der Waals surface area contributed by atoms with E-state index in [1.54, 1.807) is 0 Å². The Kier molecular flexibility index (Phi) is 5.62. The Morgan fingerprint density at radius 1 is 1.33 bits per heavy atom. The maximum absolute atomic E-state index is 9.40. The molecule has 104 valence electrons. The van der Waals surface area contributed by atoms with Gasteiger partial charge in [-0.2, -0.15) is 5.26 Å². The number of rotatable bonds is 8. The summed E-state index contributed by atoms with van der Waals surface area (Å²) < 4.78 is 0. The normalized spacial score (nSPS) is 19.3. The summed E-state index contributed by atoms with van der Waals surface area (Å²) in [7, 11) is 0. The minimum Gasteiger partial charge on any atom is -0.312 e. The van der Waals surface area contributed by atoms with E-state index < -0.39 is 5.54 Å². The van der Waals surface area contributed by atoms with Crippen molar-refractivity contribution in [3.8, 4) is 6.07 Å². The van der Waals surface area contributed by atoms with Crippen LogP contribution in [-0.4, -0.2) is 29.6 Å². The largest absolute Gasteiger partial charge is 0.312 e. The molecule has 0 spiro atoms. The van der Waals surface area contributed by atoms with Crippen molar-refractivity contribution in [1.82, 2.24) is 4.90 Å². The molecule has 0 amide bonds. The molecule has 1 atom stereocenters. The number of nitriles is 1. The van der Waals surface area contributed by atoms with Crippen LogP contribution in [0, 0.1) is 23.2 Å². The van der Waals surface area contributed by atoms with E-state index in [-0.39, 0.29) is 0 Å². The summed E-state index contributed by atoms with van der Waals surface area (Å²) in [5.41, 5.74) is 5.70. The van der Waals surface area contributed by atoms with Crippen LogP contribution in [0.2, 0.25) is 0 Å². The van der Waals surface area contributed by atoms with Gasteiger partial charge in [-0.1, -0.05) is 27.7 Å². The van der Waals surface area contributed by atoms with Crippen molar-refractivity contribution in [3.05, 3.63) is 0 Å². The van der Waals surface area contributed by atoms with Gasteiger partial charge in [0.15, 0.2) is 0 Å². The van der Waals surface area contributed by atoms with Gasteiger partial charge in [0.25, 0.3) is 0 Å². The number of hydrogen-bond acceptors (Lipinski definition) is 3. The molecule has 0 aromatic carbocycles. The molecule has 1 fully saturated rings. The Hall–Kier alpha value is -0.590. The first-order valence-electron chi connectivity index (χ1n) is 7.41. The van der Waals surface area contributed by atoms with Gasteiger partial charge in [-0.3, -0.25) is 4.90 Å².